The number of nitrogens with zero attached hydrogens (tertiary/aromatic N) is 1. The first-order valence-electron chi connectivity index (χ1n) is 8.48. The molecule has 0 aromatic carbocycles. The number of likely N-dealkylation sites (tertiary alicyclic amines) is 1. The van der Waals surface area contributed by atoms with Gasteiger partial charge in [-0.2, -0.15) is 0 Å². The number of hydrogen-bond donors (Lipinski definition) is 1. The number of carbonyl (C=O) groups is 2. The molecule has 134 valence electrons. The van der Waals surface area contributed by atoms with Crippen LogP contribution in [0.3, 0.4) is 0 Å². The highest BCUT2D eigenvalue weighted by Crippen LogP contribution is 2.16. The summed E-state index contributed by atoms with van der Waals surface area (Å²) in [5, 5.41) is 2.60. The summed E-state index contributed by atoms with van der Waals surface area (Å²) >= 11 is 0. The van der Waals surface area contributed by atoms with Gasteiger partial charge in [0.25, 0.3) is 0 Å². The Morgan fingerprint density at radius 3 is 2.22 bits per heavy atom. The third kappa shape index (κ3) is 7.68. The molecule has 0 saturated carbocycles. The maximum absolute atomic E-state index is 12.4. The Bertz CT molecular complexity index is 396. The lowest BCUT2D eigenvalue weighted by molar-refractivity contribution is -0.135. The molecule has 2 amide bonds. The second-order valence-corrected chi connectivity index (χ2v) is 7.62. The topological polar surface area (TPSA) is 67.9 Å². The minimum atomic E-state index is -0.585. The van der Waals surface area contributed by atoms with Gasteiger partial charge in [0.2, 0.25) is 5.91 Å². The molecule has 1 aliphatic rings. The van der Waals surface area contributed by atoms with Crippen molar-refractivity contribution in [1.29, 1.82) is 0 Å². The Labute approximate surface area is 139 Å². The number of piperidine rings is 1. The van der Waals surface area contributed by atoms with Crippen molar-refractivity contribution in [3.63, 3.8) is 0 Å². The number of rotatable bonds is 5. The molecule has 1 rings (SSSR count). The van der Waals surface area contributed by atoms with Crippen molar-refractivity contribution in [3.8, 4) is 0 Å². The van der Waals surface area contributed by atoms with Crippen LogP contribution in [-0.2, 0) is 14.3 Å². The summed E-state index contributed by atoms with van der Waals surface area (Å²) in [7, 11) is 0. The monoisotopic (exact) mass is 328 g/mol. The van der Waals surface area contributed by atoms with E-state index in [4.69, 9.17) is 9.47 Å². The van der Waals surface area contributed by atoms with Gasteiger partial charge in [-0.05, 0) is 46.5 Å². The van der Waals surface area contributed by atoms with Crippen LogP contribution in [0.4, 0.5) is 4.79 Å². The fourth-order valence-electron chi connectivity index (χ4n) is 2.39. The maximum Gasteiger partial charge on any atom is 0.408 e. The smallest absolute Gasteiger partial charge is 0.408 e. The van der Waals surface area contributed by atoms with Crippen molar-refractivity contribution in [2.75, 3.05) is 19.7 Å². The summed E-state index contributed by atoms with van der Waals surface area (Å²) in [6.45, 7) is 13.4. The summed E-state index contributed by atoms with van der Waals surface area (Å²) in [6, 6.07) is -0.585. The highest BCUT2D eigenvalue weighted by Gasteiger charge is 2.28. The average Bonchev–Trinajstić information content (AvgIpc) is 2.42. The molecule has 23 heavy (non-hydrogen) atoms. The van der Waals surface area contributed by atoms with Gasteiger partial charge in [0.15, 0.2) is 0 Å². The third-order valence-electron chi connectivity index (χ3n) is 3.52. The predicted octanol–water partition coefficient (Wildman–Crippen LogP) is 2.56. The second-order valence-electron chi connectivity index (χ2n) is 7.62. The number of amides is 2. The van der Waals surface area contributed by atoms with E-state index in [2.05, 4.69) is 19.2 Å². The standard InChI is InChI=1S/C17H32N2O4/c1-12(2)11-22-14-7-9-19(10-8-14)15(20)13(3)18-16(21)23-17(4,5)6/h12-14H,7-11H2,1-6H3,(H,18,21)/t13-/m1/s1. The van der Waals surface area contributed by atoms with E-state index in [1.807, 2.05) is 0 Å². The van der Waals surface area contributed by atoms with Crippen molar-refractivity contribution in [2.45, 2.75) is 72.1 Å². The zero-order valence-corrected chi connectivity index (χ0v) is 15.3. The summed E-state index contributed by atoms with van der Waals surface area (Å²) < 4.78 is 11.0. The van der Waals surface area contributed by atoms with E-state index in [9.17, 15) is 9.59 Å². The minimum absolute atomic E-state index is 0.0711. The fraction of sp³-hybridized carbons (Fsp3) is 0.882. The second kappa shape index (κ2) is 8.52. The average molecular weight is 328 g/mol. The molecular formula is C17H32N2O4. The van der Waals surface area contributed by atoms with Crippen LogP contribution in [0.15, 0.2) is 0 Å². The Morgan fingerprint density at radius 1 is 1.17 bits per heavy atom. The molecule has 0 aromatic heterocycles. The van der Waals surface area contributed by atoms with Gasteiger partial charge in [0.05, 0.1) is 6.10 Å². The fourth-order valence-corrected chi connectivity index (χ4v) is 2.39. The quantitative estimate of drug-likeness (QED) is 0.842. The number of carbonyl (C=O) groups excluding carboxylic acids is 2. The van der Waals surface area contributed by atoms with Gasteiger partial charge in [0.1, 0.15) is 11.6 Å². The Morgan fingerprint density at radius 2 is 1.74 bits per heavy atom. The molecular weight excluding hydrogens is 296 g/mol. The Hall–Kier alpha value is -1.30. The minimum Gasteiger partial charge on any atom is -0.444 e. The van der Waals surface area contributed by atoms with Crippen LogP contribution in [0.25, 0.3) is 0 Å². The summed E-state index contributed by atoms with van der Waals surface area (Å²) in [4.78, 5) is 25.9. The van der Waals surface area contributed by atoms with Gasteiger partial charge in [-0.25, -0.2) is 4.79 Å². The van der Waals surface area contributed by atoms with Crippen molar-refractivity contribution >= 4 is 12.0 Å². The first-order valence-corrected chi connectivity index (χ1v) is 8.48. The lowest BCUT2D eigenvalue weighted by atomic mass is 10.1. The summed E-state index contributed by atoms with van der Waals surface area (Å²) in [6.07, 6.45) is 1.36. The van der Waals surface area contributed by atoms with E-state index in [-0.39, 0.29) is 12.0 Å². The van der Waals surface area contributed by atoms with E-state index in [0.29, 0.717) is 19.0 Å². The maximum atomic E-state index is 12.4. The molecule has 0 unspecified atom stereocenters. The molecule has 0 aromatic rings. The molecule has 1 heterocycles. The van der Waals surface area contributed by atoms with E-state index >= 15 is 0 Å². The first kappa shape index (κ1) is 19.7. The zero-order valence-electron chi connectivity index (χ0n) is 15.3. The zero-order chi connectivity index (χ0) is 17.6. The van der Waals surface area contributed by atoms with Gasteiger partial charge in [-0.3, -0.25) is 4.79 Å². The normalized spacial score (nSPS) is 18.0. The Kier molecular flexibility index (Phi) is 7.32. The van der Waals surface area contributed by atoms with Gasteiger partial charge in [-0.15, -0.1) is 0 Å². The van der Waals surface area contributed by atoms with E-state index in [1.165, 1.54) is 0 Å². The lowest BCUT2D eigenvalue weighted by Crippen LogP contribution is -2.51. The largest absolute Gasteiger partial charge is 0.444 e. The molecule has 0 aliphatic carbocycles. The molecule has 1 saturated heterocycles. The van der Waals surface area contributed by atoms with Gasteiger partial charge >= 0.3 is 6.09 Å². The van der Waals surface area contributed by atoms with Crippen LogP contribution in [0, 0.1) is 5.92 Å². The SMILES string of the molecule is CC(C)COC1CCN(C(=O)[C@@H](C)NC(=O)OC(C)(C)C)CC1. The number of hydrogen-bond acceptors (Lipinski definition) is 4. The molecule has 0 bridgehead atoms. The predicted molar refractivity (Wildman–Crippen MR) is 89.2 cm³/mol. The summed E-state index contributed by atoms with van der Waals surface area (Å²) in [5.41, 5.74) is -0.570. The van der Waals surface area contributed by atoms with Crippen molar-refractivity contribution in [3.05, 3.63) is 0 Å². The molecule has 1 aliphatic heterocycles. The van der Waals surface area contributed by atoms with Crippen LogP contribution in [0.5, 0.6) is 0 Å². The van der Waals surface area contributed by atoms with Crippen LogP contribution in [0.2, 0.25) is 0 Å². The van der Waals surface area contributed by atoms with Crippen molar-refractivity contribution < 1.29 is 19.1 Å². The molecule has 0 spiro atoms. The van der Waals surface area contributed by atoms with E-state index in [0.717, 1.165) is 19.4 Å². The van der Waals surface area contributed by atoms with Gasteiger partial charge < -0.3 is 19.7 Å². The Balaban J connectivity index is 2.36. The first-order chi connectivity index (χ1) is 10.6. The molecule has 0 radical (unpaired) electrons. The van der Waals surface area contributed by atoms with Gasteiger partial charge in [0, 0.05) is 19.7 Å². The molecule has 6 nitrogen and oxygen atoms in total. The third-order valence-corrected chi connectivity index (χ3v) is 3.52. The molecule has 1 N–H and O–H groups in total. The van der Waals surface area contributed by atoms with E-state index in [1.54, 1.807) is 32.6 Å². The van der Waals surface area contributed by atoms with Gasteiger partial charge in [-0.1, -0.05) is 13.8 Å². The molecule has 6 heteroatoms. The highest BCUT2D eigenvalue weighted by atomic mass is 16.6. The van der Waals surface area contributed by atoms with Crippen LogP contribution in [-0.4, -0.2) is 54.3 Å². The van der Waals surface area contributed by atoms with E-state index < -0.39 is 17.7 Å². The van der Waals surface area contributed by atoms with Crippen LogP contribution in [0.1, 0.15) is 54.4 Å². The molecule has 1 atom stereocenters. The number of ether oxygens (including phenoxy) is 2. The van der Waals surface area contributed by atoms with Crippen molar-refractivity contribution in [1.82, 2.24) is 10.2 Å². The van der Waals surface area contributed by atoms with Crippen LogP contribution >= 0.6 is 0 Å². The van der Waals surface area contributed by atoms with Crippen LogP contribution < -0.4 is 5.32 Å². The highest BCUT2D eigenvalue weighted by molar-refractivity contribution is 5.85. The number of alkyl carbamates (subject to hydrolysis) is 1. The van der Waals surface area contributed by atoms with Crippen molar-refractivity contribution in [2.24, 2.45) is 5.92 Å². The lowest BCUT2D eigenvalue weighted by Gasteiger charge is -2.34. The number of nitrogens with one attached hydrogen (secondary N) is 1. The summed E-state index contributed by atoms with van der Waals surface area (Å²) in [5.74, 6) is 0.450. The molecule has 1 fully saturated rings.